The van der Waals surface area contributed by atoms with Crippen molar-refractivity contribution in [2.75, 3.05) is 32.7 Å². The van der Waals surface area contributed by atoms with Gasteiger partial charge in [-0.05, 0) is 6.92 Å². The SMILES string of the molecule is CC(CN)N1CC2(CNC2)C1. The van der Waals surface area contributed by atoms with Crippen molar-refractivity contribution < 1.29 is 0 Å². The number of likely N-dealkylation sites (tertiary alicyclic amines) is 1. The van der Waals surface area contributed by atoms with Crippen molar-refractivity contribution in [2.24, 2.45) is 11.1 Å². The first kappa shape index (κ1) is 7.53. The van der Waals surface area contributed by atoms with Gasteiger partial charge in [-0.25, -0.2) is 0 Å². The van der Waals surface area contributed by atoms with E-state index in [9.17, 15) is 0 Å². The van der Waals surface area contributed by atoms with Crippen LogP contribution in [-0.2, 0) is 0 Å². The number of hydrogen-bond donors (Lipinski definition) is 2. The van der Waals surface area contributed by atoms with Crippen LogP contribution in [-0.4, -0.2) is 43.7 Å². The fourth-order valence-electron chi connectivity index (χ4n) is 1.98. The molecule has 1 unspecified atom stereocenters. The third-order valence-electron chi connectivity index (χ3n) is 3.04. The van der Waals surface area contributed by atoms with E-state index < -0.39 is 0 Å². The second-order valence-corrected chi connectivity index (χ2v) is 4.09. The Hall–Kier alpha value is -0.120. The summed E-state index contributed by atoms with van der Waals surface area (Å²) in [4.78, 5) is 2.47. The lowest BCUT2D eigenvalue weighted by Crippen LogP contribution is -2.72. The van der Waals surface area contributed by atoms with Crippen molar-refractivity contribution >= 4 is 0 Å². The van der Waals surface area contributed by atoms with Crippen LogP contribution in [0.15, 0.2) is 0 Å². The highest BCUT2D eigenvalue weighted by Gasteiger charge is 2.48. The first-order chi connectivity index (χ1) is 5.26. The summed E-state index contributed by atoms with van der Waals surface area (Å²) < 4.78 is 0. The van der Waals surface area contributed by atoms with Crippen molar-refractivity contribution in [3.8, 4) is 0 Å². The van der Waals surface area contributed by atoms with E-state index in [1.54, 1.807) is 0 Å². The standard InChI is InChI=1S/C8H17N3/c1-7(2-9)11-5-8(6-11)3-10-4-8/h7,10H,2-6,9H2,1H3. The van der Waals surface area contributed by atoms with Gasteiger partial charge in [0.15, 0.2) is 0 Å². The van der Waals surface area contributed by atoms with E-state index in [0.717, 1.165) is 6.54 Å². The van der Waals surface area contributed by atoms with Gasteiger partial charge < -0.3 is 11.1 Å². The lowest BCUT2D eigenvalue weighted by Gasteiger charge is -2.58. The molecule has 3 heteroatoms. The number of hydrogen-bond acceptors (Lipinski definition) is 3. The van der Waals surface area contributed by atoms with Crippen LogP contribution in [0.1, 0.15) is 6.92 Å². The van der Waals surface area contributed by atoms with Gasteiger partial charge in [-0.3, -0.25) is 4.90 Å². The van der Waals surface area contributed by atoms with Crippen LogP contribution in [0.4, 0.5) is 0 Å². The molecule has 0 saturated carbocycles. The maximum absolute atomic E-state index is 5.57. The molecule has 0 amide bonds. The largest absolute Gasteiger partial charge is 0.329 e. The number of nitrogens with one attached hydrogen (secondary N) is 1. The van der Waals surface area contributed by atoms with Gasteiger partial charge in [0.1, 0.15) is 0 Å². The second kappa shape index (κ2) is 2.44. The highest BCUT2D eigenvalue weighted by atomic mass is 15.3. The van der Waals surface area contributed by atoms with Crippen molar-refractivity contribution in [1.82, 2.24) is 10.2 Å². The average Bonchev–Trinajstić information content (AvgIpc) is 1.81. The third-order valence-corrected chi connectivity index (χ3v) is 3.04. The normalized spacial score (nSPS) is 31.1. The molecule has 0 bridgehead atoms. The van der Waals surface area contributed by atoms with Crippen LogP contribution >= 0.6 is 0 Å². The quantitative estimate of drug-likeness (QED) is 0.551. The highest BCUT2D eigenvalue weighted by Crippen LogP contribution is 2.34. The first-order valence-electron chi connectivity index (χ1n) is 4.41. The van der Waals surface area contributed by atoms with E-state index in [2.05, 4.69) is 17.1 Å². The summed E-state index contributed by atoms with van der Waals surface area (Å²) in [7, 11) is 0. The minimum absolute atomic E-state index is 0.584. The zero-order valence-electron chi connectivity index (χ0n) is 7.14. The maximum atomic E-state index is 5.57. The molecule has 1 spiro atoms. The average molecular weight is 155 g/mol. The van der Waals surface area contributed by atoms with E-state index in [1.807, 2.05) is 0 Å². The van der Waals surface area contributed by atoms with E-state index in [1.165, 1.54) is 26.2 Å². The van der Waals surface area contributed by atoms with Crippen LogP contribution < -0.4 is 11.1 Å². The molecule has 1 atom stereocenters. The number of rotatable bonds is 2. The Kier molecular flexibility index (Phi) is 1.67. The Morgan fingerprint density at radius 1 is 1.55 bits per heavy atom. The van der Waals surface area contributed by atoms with Gasteiger partial charge in [-0.2, -0.15) is 0 Å². The fourth-order valence-corrected chi connectivity index (χ4v) is 1.98. The molecular formula is C8H17N3. The summed E-state index contributed by atoms with van der Waals surface area (Å²) in [6.07, 6.45) is 0. The Labute approximate surface area is 67.9 Å². The molecule has 11 heavy (non-hydrogen) atoms. The molecule has 2 saturated heterocycles. The minimum Gasteiger partial charge on any atom is -0.329 e. The summed E-state index contributed by atoms with van der Waals surface area (Å²) >= 11 is 0. The predicted octanol–water partition coefficient (Wildman–Crippen LogP) is -0.761. The zero-order chi connectivity index (χ0) is 7.90. The predicted molar refractivity (Wildman–Crippen MR) is 45.4 cm³/mol. The van der Waals surface area contributed by atoms with Crippen molar-refractivity contribution in [3.05, 3.63) is 0 Å². The summed E-state index contributed by atoms with van der Waals surface area (Å²) in [5.41, 5.74) is 6.23. The molecule has 3 N–H and O–H groups in total. The van der Waals surface area contributed by atoms with Gasteiger partial charge in [-0.15, -0.1) is 0 Å². The lowest BCUT2D eigenvalue weighted by molar-refractivity contribution is -0.0587. The topological polar surface area (TPSA) is 41.3 Å². The van der Waals surface area contributed by atoms with Gasteiger partial charge in [0.2, 0.25) is 0 Å². The van der Waals surface area contributed by atoms with Gasteiger partial charge in [0, 0.05) is 44.2 Å². The Balaban J connectivity index is 1.78. The second-order valence-electron chi connectivity index (χ2n) is 4.09. The summed E-state index contributed by atoms with van der Waals surface area (Å²) in [6.45, 7) is 7.97. The molecule has 2 aliphatic heterocycles. The van der Waals surface area contributed by atoms with Crippen LogP contribution in [0.3, 0.4) is 0 Å². The smallest absolute Gasteiger partial charge is 0.0207 e. The van der Waals surface area contributed by atoms with Crippen LogP contribution in [0.25, 0.3) is 0 Å². The van der Waals surface area contributed by atoms with Crippen molar-refractivity contribution in [2.45, 2.75) is 13.0 Å². The van der Waals surface area contributed by atoms with E-state index >= 15 is 0 Å². The van der Waals surface area contributed by atoms with Crippen molar-refractivity contribution in [3.63, 3.8) is 0 Å². The Morgan fingerprint density at radius 3 is 2.55 bits per heavy atom. The van der Waals surface area contributed by atoms with Gasteiger partial charge in [0.25, 0.3) is 0 Å². The summed E-state index contributed by atoms with van der Waals surface area (Å²) in [5, 5.41) is 3.32. The molecule has 0 aromatic carbocycles. The van der Waals surface area contributed by atoms with Crippen LogP contribution in [0.2, 0.25) is 0 Å². The number of nitrogens with two attached hydrogens (primary N) is 1. The van der Waals surface area contributed by atoms with Gasteiger partial charge in [0.05, 0.1) is 0 Å². The molecule has 64 valence electrons. The lowest BCUT2D eigenvalue weighted by atomic mass is 9.74. The van der Waals surface area contributed by atoms with E-state index in [0.29, 0.717) is 11.5 Å². The Bertz CT molecular complexity index is 145. The molecule has 2 heterocycles. The molecule has 0 radical (unpaired) electrons. The molecule has 2 fully saturated rings. The molecule has 3 nitrogen and oxygen atoms in total. The molecule has 0 aromatic rings. The van der Waals surface area contributed by atoms with Crippen LogP contribution in [0.5, 0.6) is 0 Å². The molecule has 2 rings (SSSR count). The summed E-state index contributed by atoms with van der Waals surface area (Å²) in [5.74, 6) is 0. The van der Waals surface area contributed by atoms with Crippen molar-refractivity contribution in [1.29, 1.82) is 0 Å². The molecule has 0 aromatic heterocycles. The van der Waals surface area contributed by atoms with E-state index in [-0.39, 0.29) is 0 Å². The van der Waals surface area contributed by atoms with Gasteiger partial charge >= 0.3 is 0 Å². The third kappa shape index (κ3) is 1.08. The highest BCUT2D eigenvalue weighted by molar-refractivity contribution is 5.05. The fraction of sp³-hybridized carbons (Fsp3) is 1.00. The van der Waals surface area contributed by atoms with Crippen LogP contribution in [0, 0.1) is 5.41 Å². The number of nitrogens with zero attached hydrogens (tertiary/aromatic N) is 1. The van der Waals surface area contributed by atoms with E-state index in [4.69, 9.17) is 5.73 Å². The Morgan fingerprint density at radius 2 is 2.18 bits per heavy atom. The molecule has 0 aliphatic carbocycles. The first-order valence-corrected chi connectivity index (χ1v) is 4.41. The minimum atomic E-state index is 0.584. The van der Waals surface area contributed by atoms with Gasteiger partial charge in [-0.1, -0.05) is 0 Å². The monoisotopic (exact) mass is 155 g/mol. The maximum Gasteiger partial charge on any atom is 0.0207 e. The molecule has 2 aliphatic rings. The molecular weight excluding hydrogens is 138 g/mol. The zero-order valence-corrected chi connectivity index (χ0v) is 7.14. The summed E-state index contributed by atoms with van der Waals surface area (Å²) in [6, 6.07) is 0.584.